The number of rotatable bonds is 8. The third-order valence-corrected chi connectivity index (χ3v) is 8.74. The van der Waals surface area contributed by atoms with Crippen LogP contribution in [0, 0.1) is 11.8 Å². The Morgan fingerprint density at radius 2 is 1.54 bits per heavy atom. The maximum Gasteiger partial charge on any atom is 0.241 e. The molecule has 9 heteroatoms. The summed E-state index contributed by atoms with van der Waals surface area (Å²) < 4.78 is 28.7. The zero-order chi connectivity index (χ0) is 25.1. The van der Waals surface area contributed by atoms with Crippen molar-refractivity contribution in [3.05, 3.63) is 53.0 Å². The fraction of sp³-hybridized carbons (Fsp3) is 0.462. The van der Waals surface area contributed by atoms with Crippen LogP contribution < -0.4 is 15.4 Å². The van der Waals surface area contributed by atoms with Crippen molar-refractivity contribution < 1.29 is 8.42 Å². The van der Waals surface area contributed by atoms with Gasteiger partial charge in [0.1, 0.15) is 5.82 Å². The van der Waals surface area contributed by atoms with Gasteiger partial charge in [-0.2, -0.15) is 4.98 Å². The van der Waals surface area contributed by atoms with E-state index in [1.165, 1.54) is 0 Å². The lowest BCUT2D eigenvalue weighted by Crippen LogP contribution is -2.32. The highest BCUT2D eigenvalue weighted by Gasteiger charge is 2.24. The summed E-state index contributed by atoms with van der Waals surface area (Å²) in [4.78, 5) is 9.76. The van der Waals surface area contributed by atoms with Crippen molar-refractivity contribution in [3.8, 4) is 0 Å². The fourth-order valence-electron chi connectivity index (χ4n) is 4.45. The molecule has 0 bridgehead atoms. The molecule has 188 valence electrons. The van der Waals surface area contributed by atoms with Crippen molar-refractivity contribution in [2.45, 2.75) is 56.9 Å². The SMILES string of the molecule is CC(C)(C)Nc1nc(NCC2CCC(CNS(=O)(=O)c3ccccc3Br)CC2)nc2ccccc12. The Kier molecular flexibility index (Phi) is 7.98. The summed E-state index contributed by atoms with van der Waals surface area (Å²) in [5.74, 6) is 2.34. The monoisotopic (exact) mass is 559 g/mol. The minimum atomic E-state index is -3.52. The number of hydrogen-bond acceptors (Lipinski definition) is 6. The number of hydrogen-bond donors (Lipinski definition) is 3. The number of para-hydroxylation sites is 1. The van der Waals surface area contributed by atoms with E-state index in [9.17, 15) is 8.42 Å². The number of sulfonamides is 1. The molecule has 1 heterocycles. The van der Waals surface area contributed by atoms with Crippen molar-refractivity contribution in [2.24, 2.45) is 11.8 Å². The van der Waals surface area contributed by atoms with Gasteiger partial charge in [-0.3, -0.25) is 0 Å². The van der Waals surface area contributed by atoms with E-state index < -0.39 is 10.0 Å². The van der Waals surface area contributed by atoms with Crippen LogP contribution in [-0.4, -0.2) is 37.0 Å². The number of nitrogens with zero attached hydrogens (tertiary/aromatic N) is 2. The van der Waals surface area contributed by atoms with Crippen LogP contribution in [0.5, 0.6) is 0 Å². The Bertz CT molecular complexity index is 1270. The molecular formula is C26H34BrN5O2S. The second-order valence-electron chi connectivity index (χ2n) is 10.3. The quantitative estimate of drug-likeness (QED) is 0.322. The number of benzene rings is 2. The summed E-state index contributed by atoms with van der Waals surface area (Å²) in [6, 6.07) is 15.0. The first-order valence-electron chi connectivity index (χ1n) is 12.1. The predicted octanol–water partition coefficient (Wildman–Crippen LogP) is 5.80. The normalized spacial score (nSPS) is 19.0. The molecule has 0 spiro atoms. The van der Waals surface area contributed by atoms with E-state index in [1.807, 2.05) is 30.3 Å². The van der Waals surface area contributed by atoms with Crippen LogP contribution >= 0.6 is 15.9 Å². The molecule has 1 saturated carbocycles. The molecule has 0 unspecified atom stereocenters. The van der Waals surface area contributed by atoms with E-state index in [2.05, 4.69) is 52.1 Å². The zero-order valence-corrected chi connectivity index (χ0v) is 22.9. The van der Waals surface area contributed by atoms with E-state index in [1.54, 1.807) is 18.2 Å². The first-order chi connectivity index (χ1) is 16.6. The van der Waals surface area contributed by atoms with Crippen LogP contribution in [-0.2, 0) is 10.0 Å². The molecule has 0 saturated heterocycles. The van der Waals surface area contributed by atoms with Crippen LogP contribution in [0.25, 0.3) is 10.9 Å². The average molecular weight is 561 g/mol. The minimum Gasteiger partial charge on any atom is -0.365 e. The first-order valence-corrected chi connectivity index (χ1v) is 14.4. The summed E-state index contributed by atoms with van der Waals surface area (Å²) >= 11 is 3.33. The zero-order valence-electron chi connectivity index (χ0n) is 20.5. The third kappa shape index (κ3) is 6.92. The van der Waals surface area contributed by atoms with Gasteiger partial charge in [-0.15, -0.1) is 0 Å². The molecule has 1 fully saturated rings. The Morgan fingerprint density at radius 1 is 0.914 bits per heavy atom. The van der Waals surface area contributed by atoms with Crippen LogP contribution in [0.15, 0.2) is 57.9 Å². The lowest BCUT2D eigenvalue weighted by Gasteiger charge is -2.29. The molecule has 35 heavy (non-hydrogen) atoms. The maximum absolute atomic E-state index is 12.7. The molecule has 2 aromatic carbocycles. The Morgan fingerprint density at radius 3 is 2.23 bits per heavy atom. The second-order valence-corrected chi connectivity index (χ2v) is 12.9. The predicted molar refractivity (Wildman–Crippen MR) is 146 cm³/mol. The number of anilines is 2. The molecule has 0 radical (unpaired) electrons. The van der Waals surface area contributed by atoms with Gasteiger partial charge in [0.2, 0.25) is 16.0 Å². The van der Waals surface area contributed by atoms with Crippen LogP contribution in [0.1, 0.15) is 46.5 Å². The third-order valence-electron chi connectivity index (χ3n) is 6.30. The Balaban J connectivity index is 1.31. The number of halogens is 1. The van der Waals surface area contributed by atoms with Crippen molar-refractivity contribution in [1.29, 1.82) is 0 Å². The molecule has 4 rings (SSSR count). The standard InChI is InChI=1S/C26H34BrN5O2S/c1-26(2,3)32-24-20-8-4-6-10-22(20)30-25(31-24)28-16-18-12-14-19(15-13-18)17-29-35(33,34)23-11-7-5-9-21(23)27/h4-11,18-19,29H,12-17H2,1-3H3,(H2,28,30,31,32). The Labute approximate surface area is 216 Å². The lowest BCUT2D eigenvalue weighted by molar-refractivity contribution is 0.284. The van der Waals surface area contributed by atoms with Gasteiger partial charge in [-0.05, 0) is 98.5 Å². The molecule has 1 aliphatic rings. The molecule has 0 aliphatic heterocycles. The second kappa shape index (κ2) is 10.8. The Hall–Kier alpha value is -2.23. The number of fused-ring (bicyclic) bond motifs is 1. The molecule has 3 N–H and O–H groups in total. The van der Waals surface area contributed by atoms with Gasteiger partial charge in [0, 0.05) is 28.5 Å². The topological polar surface area (TPSA) is 96.0 Å². The van der Waals surface area contributed by atoms with Crippen LogP contribution in [0.2, 0.25) is 0 Å². The smallest absolute Gasteiger partial charge is 0.241 e. The van der Waals surface area contributed by atoms with Gasteiger partial charge in [0.25, 0.3) is 0 Å². The van der Waals surface area contributed by atoms with Crippen LogP contribution in [0.4, 0.5) is 11.8 Å². The largest absolute Gasteiger partial charge is 0.365 e. The number of nitrogens with one attached hydrogen (secondary N) is 3. The highest BCUT2D eigenvalue weighted by molar-refractivity contribution is 9.10. The van der Waals surface area contributed by atoms with Crippen molar-refractivity contribution in [1.82, 2.24) is 14.7 Å². The highest BCUT2D eigenvalue weighted by Crippen LogP contribution is 2.30. The van der Waals surface area contributed by atoms with Gasteiger partial charge in [0.05, 0.1) is 10.4 Å². The van der Waals surface area contributed by atoms with Crippen molar-refractivity contribution in [2.75, 3.05) is 23.7 Å². The van der Waals surface area contributed by atoms with Gasteiger partial charge in [-0.1, -0.05) is 24.3 Å². The van der Waals surface area contributed by atoms with Crippen LogP contribution in [0.3, 0.4) is 0 Å². The molecule has 1 aromatic heterocycles. The summed E-state index contributed by atoms with van der Waals surface area (Å²) in [5, 5.41) is 7.96. The van der Waals surface area contributed by atoms with E-state index in [-0.39, 0.29) is 10.4 Å². The van der Waals surface area contributed by atoms with Crippen molar-refractivity contribution >= 4 is 48.6 Å². The highest BCUT2D eigenvalue weighted by atomic mass is 79.9. The molecular weight excluding hydrogens is 526 g/mol. The van der Waals surface area contributed by atoms with Gasteiger partial charge in [-0.25, -0.2) is 18.1 Å². The first kappa shape index (κ1) is 25.9. The fourth-order valence-corrected chi connectivity index (χ4v) is 6.57. The van der Waals surface area contributed by atoms with Gasteiger partial charge >= 0.3 is 0 Å². The van der Waals surface area contributed by atoms with E-state index in [0.29, 0.717) is 28.8 Å². The molecule has 7 nitrogen and oxygen atoms in total. The average Bonchev–Trinajstić information content (AvgIpc) is 2.81. The summed E-state index contributed by atoms with van der Waals surface area (Å²) in [7, 11) is -3.52. The van der Waals surface area contributed by atoms with Crippen molar-refractivity contribution in [3.63, 3.8) is 0 Å². The summed E-state index contributed by atoms with van der Waals surface area (Å²) in [6.45, 7) is 7.64. The maximum atomic E-state index is 12.7. The molecule has 3 aromatic rings. The lowest BCUT2D eigenvalue weighted by atomic mass is 9.82. The summed E-state index contributed by atoms with van der Waals surface area (Å²) in [5.41, 5.74) is 0.808. The molecule has 0 amide bonds. The molecule has 0 atom stereocenters. The number of aromatic nitrogens is 2. The van der Waals surface area contributed by atoms with E-state index in [4.69, 9.17) is 9.97 Å². The van der Waals surface area contributed by atoms with Gasteiger partial charge < -0.3 is 10.6 Å². The van der Waals surface area contributed by atoms with E-state index >= 15 is 0 Å². The summed E-state index contributed by atoms with van der Waals surface area (Å²) in [6.07, 6.45) is 4.10. The van der Waals surface area contributed by atoms with Gasteiger partial charge in [0.15, 0.2) is 0 Å². The molecule has 1 aliphatic carbocycles. The minimum absolute atomic E-state index is 0.106. The van der Waals surface area contributed by atoms with E-state index in [0.717, 1.165) is 48.9 Å².